The standard InChI is InChI=1S/C45H55N7O6/c1-25(2)38(50-44(55)57-5)40(53)33-9-7-10-34(33)41-46-23-35(48-41)28-14-12-27(13-15-28)29-16-17-31-22-32(19-18-30(31)21-29)36-24-47-42(49-36)37-11-8-20-52(37)43(54)39(26(3)4)51-45(56)58-6/h12-19,21-26,33-34,37-39,42,47,49H,7-11,20H2,1-6H3,(H,46,48)(H,50,55)(H,51,56). The van der Waals surface area contributed by atoms with Crippen LogP contribution in [0.25, 0.3) is 38.9 Å². The number of fused-ring (bicyclic) bond motifs is 1. The number of carbonyl (C=O) groups excluding carboxylic acids is 4. The Hall–Kier alpha value is -5.85. The maximum absolute atomic E-state index is 13.6. The van der Waals surface area contributed by atoms with Gasteiger partial charge in [-0.05, 0) is 82.7 Å². The highest BCUT2D eigenvalue weighted by molar-refractivity contribution is 5.91. The molecule has 1 saturated carbocycles. The number of aromatic amines is 1. The summed E-state index contributed by atoms with van der Waals surface area (Å²) < 4.78 is 9.56. The second-order valence-electron chi connectivity index (χ2n) is 16.4. The van der Waals surface area contributed by atoms with Crippen molar-refractivity contribution in [2.45, 2.75) is 90.0 Å². The monoisotopic (exact) mass is 789 g/mol. The van der Waals surface area contributed by atoms with Crippen LogP contribution in [0.4, 0.5) is 9.59 Å². The molecule has 0 spiro atoms. The average molecular weight is 790 g/mol. The lowest BCUT2D eigenvalue weighted by atomic mass is 9.84. The second-order valence-corrected chi connectivity index (χ2v) is 16.4. The number of H-pyrrole nitrogens is 1. The number of hydrogen-bond donors (Lipinski definition) is 5. The van der Waals surface area contributed by atoms with Crippen LogP contribution in [0.15, 0.2) is 73.1 Å². The number of amides is 3. The Morgan fingerprint density at radius 3 is 2.05 bits per heavy atom. The zero-order valence-corrected chi connectivity index (χ0v) is 34.1. The largest absolute Gasteiger partial charge is 0.453 e. The minimum absolute atomic E-state index is 0.0311. The molecule has 5 N–H and O–H groups in total. The van der Waals surface area contributed by atoms with Gasteiger partial charge in [-0.25, -0.2) is 14.6 Å². The molecule has 7 rings (SSSR count). The molecule has 2 aliphatic heterocycles. The van der Waals surface area contributed by atoms with E-state index in [-0.39, 0.29) is 47.6 Å². The van der Waals surface area contributed by atoms with Crippen molar-refractivity contribution in [2.75, 3.05) is 20.8 Å². The predicted octanol–water partition coefficient (Wildman–Crippen LogP) is 6.92. The molecule has 58 heavy (non-hydrogen) atoms. The topological polar surface area (TPSA) is 167 Å². The van der Waals surface area contributed by atoms with Gasteiger partial charge in [-0.1, -0.05) is 82.6 Å². The summed E-state index contributed by atoms with van der Waals surface area (Å²) in [7, 11) is 2.61. The lowest BCUT2D eigenvalue weighted by molar-refractivity contribution is -0.135. The molecule has 3 aliphatic rings. The Labute approximate surface area is 339 Å². The van der Waals surface area contributed by atoms with Gasteiger partial charge in [0.05, 0.1) is 43.9 Å². The van der Waals surface area contributed by atoms with Gasteiger partial charge in [-0.15, -0.1) is 0 Å². The van der Waals surface area contributed by atoms with E-state index in [2.05, 4.69) is 86.9 Å². The van der Waals surface area contributed by atoms with Gasteiger partial charge in [0.1, 0.15) is 18.0 Å². The molecule has 1 aliphatic carbocycles. The molecular formula is C45H55N7O6. The van der Waals surface area contributed by atoms with Gasteiger partial charge in [0.15, 0.2) is 5.78 Å². The minimum atomic E-state index is -0.659. The third-order valence-electron chi connectivity index (χ3n) is 12.0. The molecule has 2 fully saturated rings. The zero-order valence-electron chi connectivity index (χ0n) is 34.1. The Bertz CT molecular complexity index is 2180. The molecule has 3 heterocycles. The average Bonchev–Trinajstić information content (AvgIpc) is 4.07. The summed E-state index contributed by atoms with van der Waals surface area (Å²) in [6.45, 7) is 8.34. The molecule has 13 heteroatoms. The maximum Gasteiger partial charge on any atom is 0.407 e. The highest BCUT2D eigenvalue weighted by atomic mass is 16.5. The van der Waals surface area contributed by atoms with Crippen LogP contribution in [0.2, 0.25) is 0 Å². The van der Waals surface area contributed by atoms with Gasteiger partial charge in [0.25, 0.3) is 0 Å². The minimum Gasteiger partial charge on any atom is -0.453 e. The number of ether oxygens (including phenoxy) is 2. The molecule has 1 aromatic heterocycles. The summed E-state index contributed by atoms with van der Waals surface area (Å²) in [6.07, 6.45) is 6.77. The van der Waals surface area contributed by atoms with Crippen LogP contribution in [0.5, 0.6) is 0 Å². The predicted molar refractivity (Wildman–Crippen MR) is 223 cm³/mol. The van der Waals surface area contributed by atoms with Gasteiger partial charge >= 0.3 is 12.2 Å². The van der Waals surface area contributed by atoms with Gasteiger partial charge in [0, 0.05) is 24.6 Å². The molecule has 4 aromatic rings. The van der Waals surface area contributed by atoms with Gasteiger partial charge in [-0.2, -0.15) is 0 Å². The van der Waals surface area contributed by atoms with Crippen molar-refractivity contribution in [3.8, 4) is 22.4 Å². The number of imidazole rings is 1. The molecule has 306 valence electrons. The summed E-state index contributed by atoms with van der Waals surface area (Å²) in [5.74, 6) is 0.336. The number of alkyl carbamates (subject to hydrolysis) is 2. The van der Waals surface area contributed by atoms with E-state index in [1.54, 1.807) is 0 Å². The van der Waals surface area contributed by atoms with Crippen LogP contribution in [-0.2, 0) is 19.1 Å². The fourth-order valence-electron chi connectivity index (χ4n) is 8.81. The number of aromatic nitrogens is 2. The summed E-state index contributed by atoms with van der Waals surface area (Å²) in [5, 5.41) is 14.8. The van der Waals surface area contributed by atoms with E-state index in [1.807, 2.05) is 45.0 Å². The van der Waals surface area contributed by atoms with Gasteiger partial charge in [0.2, 0.25) is 5.91 Å². The van der Waals surface area contributed by atoms with Crippen LogP contribution in [0.3, 0.4) is 0 Å². The van der Waals surface area contributed by atoms with E-state index in [1.165, 1.54) is 14.2 Å². The van der Waals surface area contributed by atoms with E-state index >= 15 is 0 Å². The normalized spacial score (nSPS) is 21.3. The summed E-state index contributed by atoms with van der Waals surface area (Å²) in [5.41, 5.74) is 6.12. The van der Waals surface area contributed by atoms with E-state index in [4.69, 9.17) is 14.5 Å². The molecule has 3 amide bonds. The fraction of sp³-hybridized carbons (Fsp3) is 0.444. The quantitative estimate of drug-likeness (QED) is 0.102. The number of Topliss-reactive ketones (excluding diaryl/α,β-unsaturated/α-hetero) is 1. The molecule has 13 nitrogen and oxygen atoms in total. The summed E-state index contributed by atoms with van der Waals surface area (Å²) in [6, 6.07) is 20.0. The van der Waals surface area contributed by atoms with Crippen molar-refractivity contribution in [3.05, 3.63) is 84.4 Å². The van der Waals surface area contributed by atoms with Crippen molar-refractivity contribution in [1.29, 1.82) is 0 Å². The number of ketones is 1. The van der Waals surface area contributed by atoms with E-state index in [0.29, 0.717) is 6.54 Å². The van der Waals surface area contributed by atoms with Gasteiger partial charge < -0.3 is 40.6 Å². The Morgan fingerprint density at radius 1 is 0.759 bits per heavy atom. The van der Waals surface area contributed by atoms with Crippen LogP contribution < -0.4 is 21.3 Å². The number of hydrogen-bond acceptors (Lipinski definition) is 9. The third-order valence-corrected chi connectivity index (χ3v) is 12.0. The number of nitrogens with zero attached hydrogens (tertiary/aromatic N) is 2. The van der Waals surface area contributed by atoms with Gasteiger partial charge in [-0.3, -0.25) is 9.59 Å². The Balaban J connectivity index is 0.994. The molecular weight excluding hydrogens is 735 g/mol. The molecule has 0 bridgehead atoms. The van der Waals surface area contributed by atoms with Crippen molar-refractivity contribution in [3.63, 3.8) is 0 Å². The highest BCUT2D eigenvalue weighted by Gasteiger charge is 2.41. The summed E-state index contributed by atoms with van der Waals surface area (Å²) in [4.78, 5) is 61.3. The summed E-state index contributed by atoms with van der Waals surface area (Å²) >= 11 is 0. The van der Waals surface area contributed by atoms with E-state index in [0.717, 1.165) is 82.3 Å². The number of likely N-dealkylation sites (tertiary alicyclic amines) is 1. The SMILES string of the molecule is COC(=O)NC(C(=O)C1CCCC1c1ncc(-c2ccc(-c3ccc4cc(C5=CNC(C6CCCN6C(=O)C(NC(=O)OC)C(C)C)N5)ccc4c3)cc2)[nH]1)C(C)C. The molecule has 6 unspecified atom stereocenters. The fourth-order valence-corrected chi connectivity index (χ4v) is 8.81. The smallest absolute Gasteiger partial charge is 0.407 e. The van der Waals surface area contributed by atoms with Crippen molar-refractivity contribution in [1.82, 2.24) is 36.1 Å². The maximum atomic E-state index is 13.6. The van der Waals surface area contributed by atoms with Crippen molar-refractivity contribution >= 4 is 40.3 Å². The molecule has 1 saturated heterocycles. The number of carbonyl (C=O) groups is 4. The first-order valence-electron chi connectivity index (χ1n) is 20.4. The van der Waals surface area contributed by atoms with Crippen LogP contribution in [0, 0.1) is 17.8 Å². The number of rotatable bonds is 12. The highest BCUT2D eigenvalue weighted by Crippen LogP contribution is 2.41. The number of nitrogens with one attached hydrogen (secondary N) is 5. The zero-order chi connectivity index (χ0) is 41.1. The van der Waals surface area contributed by atoms with E-state index < -0.39 is 24.3 Å². The van der Waals surface area contributed by atoms with Crippen molar-refractivity contribution < 1.29 is 28.7 Å². The third kappa shape index (κ3) is 8.39. The molecule has 3 aromatic carbocycles. The first kappa shape index (κ1) is 40.4. The number of benzene rings is 3. The molecule has 6 atom stereocenters. The van der Waals surface area contributed by atoms with Crippen LogP contribution in [-0.4, -0.2) is 83.8 Å². The Kier molecular flexibility index (Phi) is 12.1. The van der Waals surface area contributed by atoms with Crippen LogP contribution >= 0.6 is 0 Å². The van der Waals surface area contributed by atoms with Crippen LogP contribution in [0.1, 0.15) is 77.1 Å². The Morgan fingerprint density at radius 2 is 1.38 bits per heavy atom. The second kappa shape index (κ2) is 17.3. The molecule has 0 radical (unpaired) electrons. The van der Waals surface area contributed by atoms with E-state index in [9.17, 15) is 19.2 Å². The first-order chi connectivity index (χ1) is 27.9. The number of methoxy groups -OCH3 is 2. The first-order valence-corrected chi connectivity index (χ1v) is 20.4. The lowest BCUT2D eigenvalue weighted by Crippen LogP contribution is -2.57. The van der Waals surface area contributed by atoms with Crippen molar-refractivity contribution in [2.24, 2.45) is 17.8 Å². The lowest BCUT2D eigenvalue weighted by Gasteiger charge is -2.34.